The van der Waals surface area contributed by atoms with Crippen LogP contribution in [0, 0.1) is 0 Å². The molecule has 2 atom stereocenters. The summed E-state index contributed by atoms with van der Waals surface area (Å²) in [6.45, 7) is 4.28. The van der Waals surface area contributed by atoms with Crippen molar-refractivity contribution in [3.05, 3.63) is 0 Å². The molecule has 170 valence electrons. The van der Waals surface area contributed by atoms with E-state index in [0.29, 0.717) is 12.8 Å². The molecule has 0 fully saturated rings. The van der Waals surface area contributed by atoms with Gasteiger partial charge in [-0.2, -0.15) is 8.42 Å². The lowest BCUT2D eigenvalue weighted by molar-refractivity contribution is 0.150. The molecule has 0 radical (unpaired) electrons. The SMILES string of the molecule is CCCCCCCC(CCCCCCCCCCCC(O)CCC)S(=O)(=O)O. The summed E-state index contributed by atoms with van der Waals surface area (Å²) in [7, 11) is -3.90. The number of hydrogen-bond donors (Lipinski definition) is 2. The highest BCUT2D eigenvalue weighted by molar-refractivity contribution is 7.86. The summed E-state index contributed by atoms with van der Waals surface area (Å²) in [6.07, 6.45) is 20.0. The smallest absolute Gasteiger partial charge is 0.267 e. The molecule has 4 nitrogen and oxygen atoms in total. The van der Waals surface area contributed by atoms with E-state index >= 15 is 0 Å². The van der Waals surface area contributed by atoms with Crippen molar-refractivity contribution in [3.8, 4) is 0 Å². The summed E-state index contributed by atoms with van der Waals surface area (Å²) in [5.74, 6) is 0. The Bertz CT molecular complexity index is 422. The van der Waals surface area contributed by atoms with Crippen molar-refractivity contribution >= 4 is 10.1 Å². The molecule has 0 amide bonds. The van der Waals surface area contributed by atoms with Gasteiger partial charge in [-0.3, -0.25) is 4.55 Å². The Balaban J connectivity index is 3.59. The van der Waals surface area contributed by atoms with Crippen LogP contribution in [0.25, 0.3) is 0 Å². The van der Waals surface area contributed by atoms with E-state index in [1.807, 2.05) is 0 Å². The molecule has 5 heteroatoms. The molecule has 0 aliphatic carbocycles. The second kappa shape index (κ2) is 18.9. The number of aliphatic hydroxyl groups excluding tert-OH is 1. The maximum absolute atomic E-state index is 11.6. The largest absolute Gasteiger partial charge is 0.393 e. The van der Waals surface area contributed by atoms with Gasteiger partial charge in [0.25, 0.3) is 10.1 Å². The molecule has 2 N–H and O–H groups in total. The first-order chi connectivity index (χ1) is 13.4. The van der Waals surface area contributed by atoms with Crippen LogP contribution in [-0.4, -0.2) is 29.4 Å². The summed E-state index contributed by atoms with van der Waals surface area (Å²) in [4.78, 5) is 0. The predicted octanol–water partition coefficient (Wildman–Crippen LogP) is 7.06. The lowest BCUT2D eigenvalue weighted by Crippen LogP contribution is -2.20. The summed E-state index contributed by atoms with van der Waals surface area (Å²) in [5.41, 5.74) is 0. The Labute approximate surface area is 175 Å². The Hall–Kier alpha value is -0.130. The Kier molecular flexibility index (Phi) is 18.8. The van der Waals surface area contributed by atoms with Crippen LogP contribution in [0.2, 0.25) is 0 Å². The second-order valence-electron chi connectivity index (χ2n) is 8.54. The minimum Gasteiger partial charge on any atom is -0.393 e. The molecule has 0 heterocycles. The first-order valence-corrected chi connectivity index (χ1v) is 13.6. The summed E-state index contributed by atoms with van der Waals surface area (Å²) in [6, 6.07) is 0. The highest BCUT2D eigenvalue weighted by Crippen LogP contribution is 2.19. The van der Waals surface area contributed by atoms with Crippen molar-refractivity contribution in [2.45, 2.75) is 147 Å². The van der Waals surface area contributed by atoms with Gasteiger partial charge in [0.05, 0.1) is 11.4 Å². The second-order valence-corrected chi connectivity index (χ2v) is 10.2. The van der Waals surface area contributed by atoms with E-state index in [1.54, 1.807) is 0 Å². The molecule has 0 aromatic rings. The minimum atomic E-state index is -3.90. The molecule has 0 aromatic carbocycles. The molecule has 0 saturated heterocycles. The zero-order valence-electron chi connectivity index (χ0n) is 18.7. The third-order valence-electron chi connectivity index (χ3n) is 5.74. The van der Waals surface area contributed by atoms with Gasteiger partial charge in [-0.25, -0.2) is 0 Å². The van der Waals surface area contributed by atoms with E-state index < -0.39 is 15.4 Å². The lowest BCUT2D eigenvalue weighted by Gasteiger charge is -2.13. The molecule has 0 aliphatic heterocycles. The van der Waals surface area contributed by atoms with Gasteiger partial charge in [-0.1, -0.05) is 110 Å². The summed E-state index contributed by atoms with van der Waals surface area (Å²) in [5, 5.41) is 9.13. The van der Waals surface area contributed by atoms with Crippen molar-refractivity contribution in [3.63, 3.8) is 0 Å². The molecule has 0 rings (SSSR count). The van der Waals surface area contributed by atoms with Crippen LogP contribution in [0.3, 0.4) is 0 Å². The highest BCUT2D eigenvalue weighted by Gasteiger charge is 2.21. The average Bonchev–Trinajstić information content (AvgIpc) is 2.63. The van der Waals surface area contributed by atoms with Gasteiger partial charge < -0.3 is 5.11 Å². The third kappa shape index (κ3) is 17.9. The topological polar surface area (TPSA) is 74.6 Å². The zero-order chi connectivity index (χ0) is 21.1. The molecular formula is C23H48O4S. The molecule has 0 saturated carbocycles. The first kappa shape index (κ1) is 27.9. The van der Waals surface area contributed by atoms with Crippen LogP contribution in [0.15, 0.2) is 0 Å². The molecule has 0 spiro atoms. The van der Waals surface area contributed by atoms with E-state index in [0.717, 1.165) is 64.2 Å². The monoisotopic (exact) mass is 420 g/mol. The fraction of sp³-hybridized carbons (Fsp3) is 1.00. The van der Waals surface area contributed by atoms with Gasteiger partial charge >= 0.3 is 0 Å². The molecular weight excluding hydrogens is 372 g/mol. The molecule has 0 aliphatic rings. The van der Waals surface area contributed by atoms with Crippen LogP contribution in [0.5, 0.6) is 0 Å². The van der Waals surface area contributed by atoms with E-state index in [9.17, 15) is 18.1 Å². The number of unbranched alkanes of at least 4 members (excludes halogenated alkanes) is 12. The number of aliphatic hydroxyl groups is 1. The van der Waals surface area contributed by atoms with Gasteiger partial charge in [-0.15, -0.1) is 0 Å². The summed E-state index contributed by atoms with van der Waals surface area (Å²) >= 11 is 0. The van der Waals surface area contributed by atoms with Crippen molar-refractivity contribution in [1.82, 2.24) is 0 Å². The lowest BCUT2D eigenvalue weighted by atomic mass is 10.0. The molecule has 0 bridgehead atoms. The average molecular weight is 421 g/mol. The van der Waals surface area contributed by atoms with Crippen molar-refractivity contribution < 1.29 is 18.1 Å². The standard InChI is InChI=1S/C23H48O4S/c1-3-5-6-12-16-20-23(28(25,26)27)21-17-14-11-9-7-8-10-13-15-19-22(24)18-4-2/h22-24H,3-21H2,1-2H3,(H,25,26,27). The fourth-order valence-corrected chi connectivity index (χ4v) is 4.81. The Morgan fingerprint density at radius 2 is 0.964 bits per heavy atom. The molecule has 28 heavy (non-hydrogen) atoms. The minimum absolute atomic E-state index is 0.104. The quantitative estimate of drug-likeness (QED) is 0.154. The Morgan fingerprint density at radius 3 is 1.36 bits per heavy atom. The number of rotatable bonds is 21. The third-order valence-corrected chi connectivity index (χ3v) is 7.05. The van der Waals surface area contributed by atoms with Crippen LogP contribution >= 0.6 is 0 Å². The van der Waals surface area contributed by atoms with E-state index in [4.69, 9.17) is 0 Å². The fourth-order valence-electron chi connectivity index (χ4n) is 3.88. The van der Waals surface area contributed by atoms with E-state index in [2.05, 4.69) is 13.8 Å². The van der Waals surface area contributed by atoms with Gasteiger partial charge in [0, 0.05) is 0 Å². The van der Waals surface area contributed by atoms with Gasteiger partial charge in [-0.05, 0) is 25.7 Å². The zero-order valence-corrected chi connectivity index (χ0v) is 19.5. The van der Waals surface area contributed by atoms with Crippen molar-refractivity contribution in [1.29, 1.82) is 0 Å². The van der Waals surface area contributed by atoms with Crippen LogP contribution in [0.1, 0.15) is 136 Å². The Morgan fingerprint density at radius 1 is 0.571 bits per heavy atom. The molecule has 0 aromatic heterocycles. The van der Waals surface area contributed by atoms with Crippen molar-refractivity contribution in [2.75, 3.05) is 0 Å². The van der Waals surface area contributed by atoms with Gasteiger partial charge in [0.2, 0.25) is 0 Å². The van der Waals surface area contributed by atoms with Crippen LogP contribution in [0.4, 0.5) is 0 Å². The van der Waals surface area contributed by atoms with Crippen LogP contribution in [-0.2, 0) is 10.1 Å². The van der Waals surface area contributed by atoms with E-state index in [-0.39, 0.29) is 6.10 Å². The highest BCUT2D eigenvalue weighted by atomic mass is 32.2. The van der Waals surface area contributed by atoms with Gasteiger partial charge in [0.15, 0.2) is 0 Å². The molecule has 2 unspecified atom stereocenters. The van der Waals surface area contributed by atoms with Gasteiger partial charge in [0.1, 0.15) is 0 Å². The number of hydrogen-bond acceptors (Lipinski definition) is 3. The first-order valence-electron chi connectivity index (χ1n) is 12.1. The van der Waals surface area contributed by atoms with E-state index in [1.165, 1.54) is 44.9 Å². The maximum Gasteiger partial charge on any atom is 0.267 e. The maximum atomic E-state index is 11.6. The van der Waals surface area contributed by atoms with Crippen molar-refractivity contribution in [2.24, 2.45) is 0 Å². The van der Waals surface area contributed by atoms with Crippen LogP contribution < -0.4 is 0 Å². The summed E-state index contributed by atoms with van der Waals surface area (Å²) < 4.78 is 32.6. The predicted molar refractivity (Wildman–Crippen MR) is 120 cm³/mol. The normalized spacial score (nSPS) is 14.3.